The average Bonchev–Trinajstić information content (AvgIpc) is 3.63. The lowest BCUT2D eigenvalue weighted by Crippen LogP contribution is -2.25. The van der Waals surface area contributed by atoms with Crippen molar-refractivity contribution in [1.29, 1.82) is 0 Å². The Morgan fingerprint density at radius 3 is 2.74 bits per heavy atom. The van der Waals surface area contributed by atoms with Crippen molar-refractivity contribution in [2.45, 2.75) is 25.8 Å². The number of hydrogen-bond donors (Lipinski definition) is 2. The van der Waals surface area contributed by atoms with E-state index in [9.17, 15) is 4.79 Å². The van der Waals surface area contributed by atoms with Gasteiger partial charge in [0.25, 0.3) is 5.91 Å². The highest BCUT2D eigenvalue weighted by Gasteiger charge is 2.24. The van der Waals surface area contributed by atoms with Crippen molar-refractivity contribution < 1.29 is 4.79 Å². The maximum atomic E-state index is 13.3. The molecule has 1 atom stereocenters. The number of nitrogens with zero attached hydrogens (tertiary/aromatic N) is 4. The van der Waals surface area contributed by atoms with E-state index >= 15 is 0 Å². The average molecular weight is 463 g/mol. The fraction of sp³-hybridized carbons (Fsp3) is 0.214. The molecule has 7 heteroatoms. The third-order valence-electron chi connectivity index (χ3n) is 6.04. The molecule has 1 fully saturated rings. The van der Waals surface area contributed by atoms with Gasteiger partial charge in [-0.05, 0) is 80.3 Å². The zero-order valence-corrected chi connectivity index (χ0v) is 19.5. The normalized spacial score (nSPS) is 13.7. The van der Waals surface area contributed by atoms with E-state index in [-0.39, 0.29) is 11.9 Å². The van der Waals surface area contributed by atoms with E-state index in [1.54, 1.807) is 35.1 Å². The van der Waals surface area contributed by atoms with Crippen LogP contribution in [0.2, 0.25) is 0 Å². The minimum Gasteiger partial charge on any atom is -0.321 e. The zero-order chi connectivity index (χ0) is 24.2. The van der Waals surface area contributed by atoms with Crippen molar-refractivity contribution in [3.63, 3.8) is 0 Å². The Balaban J connectivity index is 1.40. The van der Waals surface area contributed by atoms with Gasteiger partial charge < -0.3 is 10.6 Å². The Morgan fingerprint density at radius 1 is 1.11 bits per heavy atom. The van der Waals surface area contributed by atoms with Crippen LogP contribution in [0.15, 0.2) is 79.0 Å². The molecule has 1 amide bonds. The van der Waals surface area contributed by atoms with E-state index in [0.29, 0.717) is 22.8 Å². The number of rotatable bonds is 8. The molecule has 2 aromatic carbocycles. The van der Waals surface area contributed by atoms with Gasteiger partial charge in [0.05, 0.1) is 29.7 Å². The number of aromatic nitrogens is 3. The van der Waals surface area contributed by atoms with Crippen molar-refractivity contribution in [1.82, 2.24) is 20.1 Å². The second-order valence-corrected chi connectivity index (χ2v) is 8.83. The predicted octanol–water partition coefficient (Wildman–Crippen LogP) is 5.47. The molecule has 0 aliphatic heterocycles. The first-order valence-electron chi connectivity index (χ1n) is 11.7. The van der Waals surface area contributed by atoms with Crippen molar-refractivity contribution in [3.05, 3.63) is 113 Å². The van der Waals surface area contributed by atoms with E-state index in [4.69, 9.17) is 6.57 Å². The number of hydrogen-bond acceptors (Lipinski definition) is 4. The Kier molecular flexibility index (Phi) is 6.38. The van der Waals surface area contributed by atoms with Crippen LogP contribution in [0.1, 0.15) is 46.3 Å². The second-order valence-electron chi connectivity index (χ2n) is 8.83. The Hall–Kier alpha value is -4.28. The highest BCUT2D eigenvalue weighted by molar-refractivity contribution is 6.03. The first-order valence-corrected chi connectivity index (χ1v) is 11.7. The van der Waals surface area contributed by atoms with Crippen LogP contribution in [-0.4, -0.2) is 27.2 Å². The van der Waals surface area contributed by atoms with E-state index in [0.717, 1.165) is 29.4 Å². The topological polar surface area (TPSA) is 76.2 Å². The molecule has 2 aromatic heterocycles. The van der Waals surface area contributed by atoms with E-state index in [1.165, 1.54) is 12.8 Å². The van der Waals surface area contributed by atoms with Gasteiger partial charge in [0.2, 0.25) is 0 Å². The van der Waals surface area contributed by atoms with Crippen LogP contribution < -0.4 is 10.6 Å². The molecular formula is C28H26N6O. The van der Waals surface area contributed by atoms with E-state index < -0.39 is 0 Å². The molecule has 2 N–H and O–H groups in total. The molecular weight excluding hydrogens is 436 g/mol. The summed E-state index contributed by atoms with van der Waals surface area (Å²) in [6.07, 6.45) is 4.34. The summed E-state index contributed by atoms with van der Waals surface area (Å²) >= 11 is 0. The fourth-order valence-corrected chi connectivity index (χ4v) is 4.09. The summed E-state index contributed by atoms with van der Waals surface area (Å²) in [7, 11) is 0. The number of pyridine rings is 1. The number of benzene rings is 2. The van der Waals surface area contributed by atoms with Crippen LogP contribution in [0.3, 0.4) is 0 Å². The van der Waals surface area contributed by atoms with Crippen LogP contribution in [0.4, 0.5) is 11.4 Å². The third kappa shape index (κ3) is 5.29. The lowest BCUT2D eigenvalue weighted by Gasteiger charge is -2.20. The minimum absolute atomic E-state index is 0.0576. The van der Waals surface area contributed by atoms with Gasteiger partial charge in [-0.1, -0.05) is 30.3 Å². The molecule has 1 aliphatic carbocycles. The molecule has 174 valence electrons. The van der Waals surface area contributed by atoms with Crippen LogP contribution in [-0.2, 0) is 0 Å². The largest absolute Gasteiger partial charge is 0.321 e. The van der Waals surface area contributed by atoms with Crippen molar-refractivity contribution in [3.8, 4) is 5.69 Å². The molecule has 7 nitrogen and oxygen atoms in total. The summed E-state index contributed by atoms with van der Waals surface area (Å²) in [6, 6.07) is 22.6. The maximum absolute atomic E-state index is 13.3. The smallest absolute Gasteiger partial charge is 0.274 e. The van der Waals surface area contributed by atoms with Gasteiger partial charge in [-0.25, -0.2) is 9.53 Å². The van der Waals surface area contributed by atoms with Crippen molar-refractivity contribution >= 4 is 17.3 Å². The molecule has 4 aromatic rings. The predicted molar refractivity (Wildman–Crippen MR) is 136 cm³/mol. The first-order chi connectivity index (χ1) is 17.1. The number of nitrogens with one attached hydrogen (secondary N) is 2. The molecule has 2 heterocycles. The highest BCUT2D eigenvalue weighted by Crippen LogP contribution is 2.30. The van der Waals surface area contributed by atoms with Crippen molar-refractivity contribution in [2.75, 3.05) is 11.9 Å². The van der Waals surface area contributed by atoms with Crippen LogP contribution in [0, 0.1) is 19.4 Å². The number of carbonyl (C=O) groups excluding carboxylic acids is 1. The Morgan fingerprint density at radius 2 is 1.97 bits per heavy atom. The summed E-state index contributed by atoms with van der Waals surface area (Å²) in [5, 5.41) is 11.2. The summed E-state index contributed by atoms with van der Waals surface area (Å²) in [5.41, 5.74) is 4.97. The van der Waals surface area contributed by atoms with Crippen LogP contribution in [0.5, 0.6) is 0 Å². The summed E-state index contributed by atoms with van der Waals surface area (Å²) < 4.78 is 1.58. The monoisotopic (exact) mass is 462 g/mol. The Labute approximate surface area is 204 Å². The SMILES string of the molecule is [C-]#[N+]c1cccc(-n2nc(C)cc2C(=O)Nc2cccc(C(NCC3CC3)c3ccccn3)c2)c1. The summed E-state index contributed by atoms with van der Waals surface area (Å²) in [5.74, 6) is 0.463. The molecule has 0 saturated heterocycles. The molecule has 5 rings (SSSR count). The number of amides is 1. The minimum atomic E-state index is -0.267. The van der Waals surface area contributed by atoms with Gasteiger partial charge in [0, 0.05) is 11.9 Å². The van der Waals surface area contributed by atoms with Gasteiger partial charge >= 0.3 is 0 Å². The van der Waals surface area contributed by atoms with E-state index in [1.807, 2.05) is 49.4 Å². The molecule has 1 aliphatic rings. The first kappa shape index (κ1) is 22.5. The second kappa shape index (κ2) is 9.92. The number of anilines is 1. The molecule has 1 unspecified atom stereocenters. The van der Waals surface area contributed by atoms with E-state index in [2.05, 4.69) is 31.6 Å². The maximum Gasteiger partial charge on any atom is 0.274 e. The lowest BCUT2D eigenvalue weighted by atomic mass is 10.0. The molecule has 35 heavy (non-hydrogen) atoms. The van der Waals surface area contributed by atoms with Crippen LogP contribution >= 0.6 is 0 Å². The number of carbonyl (C=O) groups is 1. The molecule has 0 spiro atoms. The number of aryl methyl sites for hydroxylation is 1. The molecule has 0 radical (unpaired) electrons. The molecule has 1 saturated carbocycles. The van der Waals surface area contributed by atoms with Gasteiger partial charge in [0.1, 0.15) is 5.69 Å². The quantitative estimate of drug-likeness (QED) is 0.341. The van der Waals surface area contributed by atoms with Gasteiger partial charge in [-0.2, -0.15) is 5.10 Å². The van der Waals surface area contributed by atoms with Crippen LogP contribution in [0.25, 0.3) is 10.5 Å². The van der Waals surface area contributed by atoms with Crippen molar-refractivity contribution in [2.24, 2.45) is 5.92 Å². The summed E-state index contributed by atoms with van der Waals surface area (Å²) in [4.78, 5) is 21.3. The van der Waals surface area contributed by atoms with Gasteiger partial charge in [-0.3, -0.25) is 9.78 Å². The van der Waals surface area contributed by atoms with Gasteiger partial charge in [0.15, 0.2) is 5.69 Å². The third-order valence-corrected chi connectivity index (χ3v) is 6.04. The highest BCUT2D eigenvalue weighted by atomic mass is 16.2. The molecule has 0 bridgehead atoms. The fourth-order valence-electron chi connectivity index (χ4n) is 4.09. The van der Waals surface area contributed by atoms with Gasteiger partial charge in [-0.15, -0.1) is 0 Å². The summed E-state index contributed by atoms with van der Waals surface area (Å²) in [6.45, 7) is 10.1. The Bertz CT molecular complexity index is 1380. The zero-order valence-electron chi connectivity index (χ0n) is 19.5. The lowest BCUT2D eigenvalue weighted by molar-refractivity contribution is 0.101. The standard InChI is InChI=1S/C28H26N6O/c1-19-15-26(34(33-19)24-10-6-8-22(17-24)29-2)28(35)32-23-9-5-7-21(16-23)27(31-18-20-12-13-20)25-11-3-4-14-30-25/h3-11,14-17,20,27,31H,12-13,18H2,1H3,(H,32,35).